The van der Waals surface area contributed by atoms with Gasteiger partial charge in [-0.3, -0.25) is 0 Å². The van der Waals surface area contributed by atoms with Crippen LogP contribution in [0.1, 0.15) is 82.3 Å². The van der Waals surface area contributed by atoms with Crippen LogP contribution in [0.15, 0.2) is 96.1 Å². The van der Waals surface area contributed by atoms with Crippen LogP contribution in [0.3, 0.4) is 0 Å². The summed E-state index contributed by atoms with van der Waals surface area (Å²) in [6.07, 6.45) is -4.09. The molecule has 0 amide bonds. The van der Waals surface area contributed by atoms with Gasteiger partial charge in [0.1, 0.15) is 0 Å². The van der Waals surface area contributed by atoms with E-state index in [1.807, 2.05) is 12.1 Å². The van der Waals surface area contributed by atoms with Crippen molar-refractivity contribution < 1.29 is 71.1 Å². The van der Waals surface area contributed by atoms with Crippen LogP contribution in [0.2, 0.25) is 8.35 Å². The first-order valence-electron chi connectivity index (χ1n) is 16.9. The summed E-state index contributed by atoms with van der Waals surface area (Å²) in [5.74, 6) is 0. The molecule has 2 atom stereocenters. The van der Waals surface area contributed by atoms with Gasteiger partial charge in [0.25, 0.3) is 0 Å². The Morgan fingerprint density at radius 2 is 0.824 bits per heavy atom. The van der Waals surface area contributed by atoms with E-state index in [1.54, 1.807) is 24.3 Å². The molecule has 7 rings (SSSR count). The molecule has 2 unspecified atom stereocenters. The van der Waals surface area contributed by atoms with Crippen molar-refractivity contribution >= 4 is 12.2 Å². The van der Waals surface area contributed by atoms with Gasteiger partial charge in [-0.1, -0.05) is 0 Å². The molecule has 2 aliphatic carbocycles. The molecule has 0 spiro atoms. The normalized spacial score (nSPS) is 18.7. The molecule has 0 radical (unpaired) electrons. The van der Waals surface area contributed by atoms with Gasteiger partial charge < -0.3 is 24.8 Å². The third-order valence-corrected chi connectivity index (χ3v) is 29.6. The Morgan fingerprint density at radius 1 is 0.490 bits per heavy atom. The van der Waals surface area contributed by atoms with Crippen molar-refractivity contribution in [2.45, 2.75) is 69.6 Å². The fraction of sp³-hybridized carbons (Fsp3) is 0.333. The predicted molar refractivity (Wildman–Crippen MR) is 184 cm³/mol. The fourth-order valence-electron chi connectivity index (χ4n) is 8.41. The van der Waals surface area contributed by atoms with E-state index in [0.717, 1.165) is 33.4 Å². The van der Waals surface area contributed by atoms with Crippen LogP contribution < -0.4 is 24.8 Å². The number of allylic oxidation sites excluding steroid dienone is 2. The van der Waals surface area contributed by atoms with E-state index in [-0.39, 0.29) is 35.6 Å². The number of fused-ring (bicyclic) bond motifs is 2. The number of alkyl halides is 6. The summed E-state index contributed by atoms with van der Waals surface area (Å²) in [5, 5.41) is 0. The van der Waals surface area contributed by atoms with E-state index in [9.17, 15) is 26.3 Å². The second-order valence-electron chi connectivity index (χ2n) is 16.1. The average molecular weight is 908 g/mol. The molecule has 1 heterocycles. The van der Waals surface area contributed by atoms with Crippen molar-refractivity contribution in [3.8, 4) is 22.3 Å². The first-order valence-corrected chi connectivity index (χ1v) is 26.1. The molecule has 9 heteroatoms. The summed E-state index contributed by atoms with van der Waals surface area (Å²) in [7, 11) is 0. The molecule has 0 nitrogen and oxygen atoms in total. The molecule has 0 aromatic heterocycles. The van der Waals surface area contributed by atoms with E-state index < -0.39 is 43.4 Å². The molecule has 4 aromatic rings. The zero-order valence-corrected chi connectivity index (χ0v) is 34.4. The Bertz CT molecular complexity index is 1860. The van der Waals surface area contributed by atoms with Gasteiger partial charge in [-0.25, -0.2) is 0 Å². The second-order valence-corrected chi connectivity index (χ2v) is 32.7. The van der Waals surface area contributed by atoms with E-state index in [0.29, 0.717) is 7.35 Å². The van der Waals surface area contributed by atoms with Gasteiger partial charge in [0.15, 0.2) is 0 Å². The van der Waals surface area contributed by atoms with Gasteiger partial charge in [0.2, 0.25) is 0 Å². The number of rotatable bonds is 4. The number of benzene rings is 4. The smallest absolute Gasteiger partial charge is 1.00 e. The number of halogens is 8. The zero-order valence-electron chi connectivity index (χ0n) is 29.3. The van der Waals surface area contributed by atoms with Crippen molar-refractivity contribution in [2.75, 3.05) is 0 Å². The van der Waals surface area contributed by atoms with Gasteiger partial charge in [0.05, 0.1) is 0 Å². The van der Waals surface area contributed by atoms with Gasteiger partial charge in [-0.2, -0.15) is 0 Å². The quantitative estimate of drug-likeness (QED) is 0.145. The molecule has 51 heavy (non-hydrogen) atoms. The molecule has 1 fully saturated rings. The Kier molecular flexibility index (Phi) is 10.4. The topological polar surface area (TPSA) is 0 Å². The maximum absolute atomic E-state index is 13.4. The Hall–Kier alpha value is -2.61. The molecule has 268 valence electrons. The SMILES string of the molecule is CC(C)(C)C1=Cc2c(-c3ccc(C(F)(F)F)cc3)cccc2[CH]1[Hf+2]1([CH]2C(C(C)(C)C)=Cc3c(-c4ccc(C(F)(F)F)cc4)cccc32)[CH2][CH2]1.[Cl-].[Cl-]. The van der Waals surface area contributed by atoms with E-state index in [4.69, 9.17) is 0 Å². The molecule has 4 aromatic carbocycles. The third kappa shape index (κ3) is 6.97. The maximum Gasteiger partial charge on any atom is -1.00 e. The summed E-state index contributed by atoms with van der Waals surface area (Å²) in [5.41, 5.74) is 9.63. The van der Waals surface area contributed by atoms with Gasteiger partial charge >= 0.3 is 291 Å². The summed E-state index contributed by atoms with van der Waals surface area (Å²) in [4.78, 5) is 0. The largest absolute Gasteiger partial charge is 1.00 e. The Balaban J connectivity index is 0.00000252. The molecular formula is C42H40Cl2F6Hf. The first-order chi connectivity index (χ1) is 22.8. The number of hydrogen-bond acceptors (Lipinski definition) is 0. The summed E-state index contributed by atoms with van der Waals surface area (Å²) in [6, 6.07) is 23.7. The summed E-state index contributed by atoms with van der Waals surface area (Å²) >= 11 is -3.42. The molecular weight excluding hydrogens is 868 g/mol. The van der Waals surface area contributed by atoms with Crippen LogP contribution >= 0.6 is 0 Å². The monoisotopic (exact) mass is 908 g/mol. The second kappa shape index (κ2) is 13.4. The standard InChI is InChI=1S/2C20H18F3.C2H4.2ClH.Hf/c2*1-19(2,3)16-11-14-5-4-6-17(18(14)12-16)13-7-9-15(10-8-13)20(21,22)23;1-2;;;/h2*4-12H,1-3H3;1-2H2;2*1H;/q;;;;;+2/p-2. The third-order valence-electron chi connectivity index (χ3n) is 10.9. The first kappa shape index (κ1) is 39.6. The molecule has 1 aliphatic heterocycles. The van der Waals surface area contributed by atoms with Crippen molar-refractivity contribution in [2.24, 2.45) is 10.8 Å². The van der Waals surface area contributed by atoms with Crippen LogP contribution in [0, 0.1) is 10.8 Å². The van der Waals surface area contributed by atoms with Crippen molar-refractivity contribution in [3.05, 3.63) is 129 Å². The van der Waals surface area contributed by atoms with Crippen molar-refractivity contribution in [1.82, 2.24) is 0 Å². The van der Waals surface area contributed by atoms with E-state index in [1.165, 1.54) is 54.9 Å². The molecule has 1 saturated heterocycles. The number of hydrogen-bond donors (Lipinski definition) is 0. The summed E-state index contributed by atoms with van der Waals surface area (Å²) < 4.78 is 83.6. The Morgan fingerprint density at radius 3 is 1.10 bits per heavy atom. The van der Waals surface area contributed by atoms with Crippen LogP contribution in [-0.4, -0.2) is 0 Å². The van der Waals surface area contributed by atoms with Gasteiger partial charge in [-0.15, -0.1) is 0 Å². The minimum absolute atomic E-state index is 0. The fourth-order valence-corrected chi connectivity index (χ4v) is 37.7. The molecule has 3 aliphatic rings. The van der Waals surface area contributed by atoms with Crippen LogP contribution in [-0.2, 0) is 32.3 Å². The molecule has 0 N–H and O–H groups in total. The van der Waals surface area contributed by atoms with Gasteiger partial charge in [-0.05, 0) is 0 Å². The van der Waals surface area contributed by atoms with Crippen molar-refractivity contribution in [3.63, 3.8) is 0 Å². The van der Waals surface area contributed by atoms with Crippen LogP contribution in [0.25, 0.3) is 34.4 Å². The Labute approximate surface area is 313 Å². The van der Waals surface area contributed by atoms with Gasteiger partial charge in [0, 0.05) is 0 Å². The van der Waals surface area contributed by atoms with E-state index >= 15 is 0 Å². The average Bonchev–Trinajstić information content (AvgIpc) is 3.52. The van der Waals surface area contributed by atoms with Crippen molar-refractivity contribution in [1.29, 1.82) is 0 Å². The van der Waals surface area contributed by atoms with Crippen LogP contribution in [0.4, 0.5) is 26.3 Å². The predicted octanol–water partition coefficient (Wildman–Crippen LogP) is 7.74. The van der Waals surface area contributed by atoms with Crippen LogP contribution in [0.5, 0.6) is 0 Å². The zero-order chi connectivity index (χ0) is 35.3. The molecule has 0 bridgehead atoms. The molecule has 0 saturated carbocycles. The minimum Gasteiger partial charge on any atom is -1.00 e. The minimum atomic E-state index is -4.39. The summed E-state index contributed by atoms with van der Waals surface area (Å²) in [6.45, 7) is 13.6. The van der Waals surface area contributed by atoms with E-state index in [2.05, 4.69) is 78.0 Å². The maximum atomic E-state index is 13.4.